The molecule has 0 fully saturated rings. The van der Waals surface area contributed by atoms with Crippen LogP contribution in [-0.2, 0) is 16.6 Å². The van der Waals surface area contributed by atoms with Crippen molar-refractivity contribution in [2.45, 2.75) is 6.54 Å². The molecule has 1 aliphatic heterocycles. The van der Waals surface area contributed by atoms with Gasteiger partial charge in [0, 0.05) is 6.54 Å². The lowest BCUT2D eigenvalue weighted by Crippen LogP contribution is -2.37. The molecule has 0 radical (unpaired) electrons. The SMILES string of the molecule is CS(=O)(=O)N1CCOc2ccc(CN)cc21. The second kappa shape index (κ2) is 3.95. The Bertz CT molecular complexity index is 499. The van der Waals surface area contributed by atoms with Gasteiger partial charge in [-0.2, -0.15) is 0 Å². The lowest BCUT2D eigenvalue weighted by atomic mass is 10.1. The number of rotatable bonds is 2. The number of anilines is 1. The fourth-order valence-electron chi connectivity index (χ4n) is 1.71. The van der Waals surface area contributed by atoms with E-state index >= 15 is 0 Å². The van der Waals surface area contributed by atoms with Gasteiger partial charge in [-0.15, -0.1) is 0 Å². The van der Waals surface area contributed by atoms with Gasteiger partial charge in [0.15, 0.2) is 0 Å². The standard InChI is InChI=1S/C10H14N2O3S/c1-16(13,14)12-4-5-15-10-3-2-8(7-11)6-9(10)12/h2-3,6H,4-5,7,11H2,1H3. The van der Waals surface area contributed by atoms with Crippen molar-refractivity contribution < 1.29 is 13.2 Å². The first-order valence-corrected chi connectivity index (χ1v) is 6.80. The van der Waals surface area contributed by atoms with E-state index in [0.717, 1.165) is 5.56 Å². The predicted molar refractivity (Wildman–Crippen MR) is 62.0 cm³/mol. The van der Waals surface area contributed by atoms with Crippen molar-refractivity contribution in [2.75, 3.05) is 23.7 Å². The second-order valence-corrected chi connectivity index (χ2v) is 5.60. The topological polar surface area (TPSA) is 72.6 Å². The number of benzene rings is 1. The maximum Gasteiger partial charge on any atom is 0.232 e. The van der Waals surface area contributed by atoms with Crippen LogP contribution in [0.4, 0.5) is 5.69 Å². The van der Waals surface area contributed by atoms with E-state index in [2.05, 4.69) is 0 Å². The minimum atomic E-state index is -3.25. The molecular formula is C10H14N2O3S. The van der Waals surface area contributed by atoms with Crippen LogP contribution in [-0.4, -0.2) is 27.8 Å². The van der Waals surface area contributed by atoms with Crippen LogP contribution in [0.2, 0.25) is 0 Å². The third kappa shape index (κ3) is 1.98. The average molecular weight is 242 g/mol. The van der Waals surface area contributed by atoms with Gasteiger partial charge in [0.05, 0.1) is 18.5 Å². The van der Waals surface area contributed by atoms with Crippen LogP contribution in [0, 0.1) is 0 Å². The number of fused-ring (bicyclic) bond motifs is 1. The molecule has 0 saturated heterocycles. The van der Waals surface area contributed by atoms with E-state index < -0.39 is 10.0 Å². The molecule has 0 unspecified atom stereocenters. The zero-order valence-corrected chi connectivity index (χ0v) is 9.83. The van der Waals surface area contributed by atoms with Crippen molar-refractivity contribution in [3.05, 3.63) is 23.8 Å². The van der Waals surface area contributed by atoms with Crippen molar-refractivity contribution in [2.24, 2.45) is 5.73 Å². The number of hydrogen-bond acceptors (Lipinski definition) is 4. The summed E-state index contributed by atoms with van der Waals surface area (Å²) >= 11 is 0. The van der Waals surface area contributed by atoms with Crippen LogP contribution in [0.15, 0.2) is 18.2 Å². The highest BCUT2D eigenvalue weighted by Crippen LogP contribution is 2.33. The molecule has 1 aromatic rings. The molecule has 1 aliphatic rings. The van der Waals surface area contributed by atoms with Crippen molar-refractivity contribution in [3.63, 3.8) is 0 Å². The van der Waals surface area contributed by atoms with E-state index in [4.69, 9.17) is 10.5 Å². The average Bonchev–Trinajstić information content (AvgIpc) is 2.26. The Balaban J connectivity index is 2.52. The summed E-state index contributed by atoms with van der Waals surface area (Å²) in [4.78, 5) is 0. The Morgan fingerprint density at radius 1 is 1.50 bits per heavy atom. The monoisotopic (exact) mass is 242 g/mol. The number of sulfonamides is 1. The molecule has 0 amide bonds. The quantitative estimate of drug-likeness (QED) is 0.809. The van der Waals surface area contributed by atoms with Gasteiger partial charge in [-0.1, -0.05) is 6.07 Å². The van der Waals surface area contributed by atoms with Crippen molar-refractivity contribution in [1.82, 2.24) is 0 Å². The van der Waals surface area contributed by atoms with Crippen LogP contribution < -0.4 is 14.8 Å². The van der Waals surface area contributed by atoms with E-state index in [1.807, 2.05) is 6.07 Å². The molecule has 1 aromatic carbocycles. The highest BCUT2D eigenvalue weighted by Gasteiger charge is 2.25. The molecule has 5 nitrogen and oxygen atoms in total. The molecule has 0 aliphatic carbocycles. The summed E-state index contributed by atoms with van der Waals surface area (Å²) in [6, 6.07) is 5.36. The molecule has 0 aromatic heterocycles. The summed E-state index contributed by atoms with van der Waals surface area (Å²) in [6.07, 6.45) is 1.19. The van der Waals surface area contributed by atoms with Gasteiger partial charge in [-0.05, 0) is 17.7 Å². The summed E-state index contributed by atoms with van der Waals surface area (Å²) in [5.74, 6) is 0.592. The number of ether oxygens (including phenoxy) is 1. The third-order valence-electron chi connectivity index (χ3n) is 2.48. The zero-order chi connectivity index (χ0) is 11.8. The van der Waals surface area contributed by atoms with E-state index in [9.17, 15) is 8.42 Å². The zero-order valence-electron chi connectivity index (χ0n) is 9.01. The molecule has 0 saturated carbocycles. The largest absolute Gasteiger partial charge is 0.489 e. The van der Waals surface area contributed by atoms with Gasteiger partial charge in [0.1, 0.15) is 12.4 Å². The van der Waals surface area contributed by atoms with E-state index in [0.29, 0.717) is 31.1 Å². The Morgan fingerprint density at radius 3 is 2.88 bits per heavy atom. The van der Waals surface area contributed by atoms with Crippen LogP contribution in [0.5, 0.6) is 5.75 Å². The Kier molecular flexibility index (Phi) is 2.77. The van der Waals surface area contributed by atoms with Crippen LogP contribution in [0.3, 0.4) is 0 Å². The van der Waals surface area contributed by atoms with E-state index in [-0.39, 0.29) is 0 Å². The summed E-state index contributed by atoms with van der Waals surface area (Å²) in [5, 5.41) is 0. The summed E-state index contributed by atoms with van der Waals surface area (Å²) in [5.41, 5.74) is 7.00. The van der Waals surface area contributed by atoms with Gasteiger partial charge in [-0.25, -0.2) is 8.42 Å². The maximum atomic E-state index is 11.6. The second-order valence-electron chi connectivity index (χ2n) is 3.69. The summed E-state index contributed by atoms with van der Waals surface area (Å²) in [6.45, 7) is 1.10. The first kappa shape index (κ1) is 11.2. The van der Waals surface area contributed by atoms with Gasteiger partial charge in [-0.3, -0.25) is 4.31 Å². The van der Waals surface area contributed by atoms with Crippen LogP contribution in [0.25, 0.3) is 0 Å². The maximum absolute atomic E-state index is 11.6. The predicted octanol–water partition coefficient (Wildman–Crippen LogP) is 0.304. The molecule has 16 heavy (non-hydrogen) atoms. The van der Waals surface area contributed by atoms with Gasteiger partial charge in [0.25, 0.3) is 0 Å². The molecule has 0 bridgehead atoms. The van der Waals surface area contributed by atoms with Gasteiger partial charge >= 0.3 is 0 Å². The normalized spacial score (nSPS) is 15.5. The molecule has 0 spiro atoms. The van der Waals surface area contributed by atoms with Crippen molar-refractivity contribution in [1.29, 1.82) is 0 Å². The first-order chi connectivity index (χ1) is 7.52. The van der Waals surface area contributed by atoms with Crippen molar-refractivity contribution >= 4 is 15.7 Å². The highest BCUT2D eigenvalue weighted by molar-refractivity contribution is 7.92. The van der Waals surface area contributed by atoms with Crippen molar-refractivity contribution in [3.8, 4) is 5.75 Å². The fourth-order valence-corrected chi connectivity index (χ4v) is 2.62. The number of nitrogens with zero attached hydrogens (tertiary/aromatic N) is 1. The van der Waals surface area contributed by atoms with E-state index in [1.54, 1.807) is 12.1 Å². The lowest BCUT2D eigenvalue weighted by molar-refractivity contribution is 0.316. The summed E-state index contributed by atoms with van der Waals surface area (Å²) in [7, 11) is -3.25. The Hall–Kier alpha value is -1.27. The Morgan fingerprint density at radius 2 is 2.25 bits per heavy atom. The smallest absolute Gasteiger partial charge is 0.232 e. The number of nitrogens with two attached hydrogens (primary N) is 1. The minimum Gasteiger partial charge on any atom is -0.489 e. The minimum absolute atomic E-state index is 0.347. The Labute approximate surface area is 94.9 Å². The molecule has 2 N–H and O–H groups in total. The third-order valence-corrected chi connectivity index (χ3v) is 3.66. The van der Waals surface area contributed by atoms with Gasteiger partial charge in [0.2, 0.25) is 10.0 Å². The van der Waals surface area contributed by atoms with Crippen LogP contribution >= 0.6 is 0 Å². The molecule has 2 rings (SSSR count). The van der Waals surface area contributed by atoms with Crippen LogP contribution in [0.1, 0.15) is 5.56 Å². The molecule has 88 valence electrons. The van der Waals surface area contributed by atoms with E-state index in [1.165, 1.54) is 10.6 Å². The summed E-state index contributed by atoms with van der Waals surface area (Å²) < 4.78 is 29.9. The lowest BCUT2D eigenvalue weighted by Gasteiger charge is -2.29. The molecule has 1 heterocycles. The molecular weight excluding hydrogens is 228 g/mol. The number of hydrogen-bond donors (Lipinski definition) is 1. The fraction of sp³-hybridized carbons (Fsp3) is 0.400. The molecule has 0 atom stereocenters. The highest BCUT2D eigenvalue weighted by atomic mass is 32.2. The van der Waals surface area contributed by atoms with Gasteiger partial charge < -0.3 is 10.5 Å². The first-order valence-electron chi connectivity index (χ1n) is 4.96. The molecule has 6 heteroatoms.